The number of furan rings is 1. The lowest BCUT2D eigenvalue weighted by Gasteiger charge is -2.64. The van der Waals surface area contributed by atoms with Gasteiger partial charge in [0.1, 0.15) is 19.3 Å². The summed E-state index contributed by atoms with van der Waals surface area (Å²) in [6.07, 6.45) is 7.67. The maximum absolute atomic E-state index is 13.2. The van der Waals surface area contributed by atoms with Gasteiger partial charge in [0.05, 0.1) is 36.4 Å². The Morgan fingerprint density at radius 2 is 1.90 bits per heavy atom. The van der Waals surface area contributed by atoms with E-state index in [1.165, 1.54) is 0 Å². The molecule has 4 heterocycles. The molecule has 0 bridgehead atoms. The standard InChI is InChI=1S/C31H42N2O7.ClH/c1-28(2)21-14-23(32-38-12-7-11-33(5)6)30(4)20(31(21)18-37-25(34)16-24(31)40-28)8-10-29(3)22(30)15-26(35)39-27(29)19-9-13-36-17-19;/h9,13,15,17,20-21,24,27H,7-8,10-12,14,16,18H2,1-6H3;1H/b32-23-;/t20-,21-,24-,27-,29+,30+,31+;/m0./s1. The van der Waals surface area contributed by atoms with Gasteiger partial charge in [-0.3, -0.25) is 4.79 Å². The number of ether oxygens (including phenoxy) is 3. The number of hydrogen-bond acceptors (Lipinski definition) is 9. The van der Waals surface area contributed by atoms with Gasteiger partial charge in [0.15, 0.2) is 0 Å². The van der Waals surface area contributed by atoms with Crippen molar-refractivity contribution in [1.82, 2.24) is 4.90 Å². The second kappa shape index (κ2) is 10.4. The molecule has 0 radical (unpaired) electrons. The minimum Gasteiger partial charge on any atom is -0.472 e. The Kier molecular flexibility index (Phi) is 7.65. The van der Waals surface area contributed by atoms with Crippen LogP contribution in [0.25, 0.3) is 0 Å². The van der Waals surface area contributed by atoms with Crippen LogP contribution in [0.1, 0.15) is 71.5 Å². The largest absolute Gasteiger partial charge is 0.472 e. The third kappa shape index (κ3) is 4.45. The normalized spacial score (nSPS) is 39.9. The van der Waals surface area contributed by atoms with Crippen LogP contribution in [0.3, 0.4) is 0 Å². The summed E-state index contributed by atoms with van der Waals surface area (Å²) >= 11 is 0. The van der Waals surface area contributed by atoms with Crippen molar-refractivity contribution in [3.05, 3.63) is 35.8 Å². The van der Waals surface area contributed by atoms with Crippen LogP contribution in [0.15, 0.2) is 39.8 Å². The van der Waals surface area contributed by atoms with Gasteiger partial charge in [-0.25, -0.2) is 4.79 Å². The second-order valence-electron chi connectivity index (χ2n) is 13.6. The summed E-state index contributed by atoms with van der Waals surface area (Å²) in [5.74, 6) is -0.442. The number of esters is 2. The zero-order valence-corrected chi connectivity index (χ0v) is 25.8. The van der Waals surface area contributed by atoms with E-state index in [9.17, 15) is 9.59 Å². The van der Waals surface area contributed by atoms with Crippen LogP contribution in [0, 0.1) is 28.1 Å². The number of fused-ring (bicyclic) bond motifs is 3. The van der Waals surface area contributed by atoms with Crippen LogP contribution >= 0.6 is 12.4 Å². The first kappa shape index (κ1) is 30.1. The van der Waals surface area contributed by atoms with Gasteiger partial charge in [-0.1, -0.05) is 19.0 Å². The van der Waals surface area contributed by atoms with Crippen molar-refractivity contribution in [3.63, 3.8) is 0 Å². The zero-order chi connectivity index (χ0) is 28.5. The van der Waals surface area contributed by atoms with E-state index in [-0.39, 0.29) is 54.1 Å². The molecule has 4 fully saturated rings. The van der Waals surface area contributed by atoms with E-state index < -0.39 is 22.5 Å². The molecule has 41 heavy (non-hydrogen) atoms. The van der Waals surface area contributed by atoms with Crippen LogP contribution in [0.5, 0.6) is 0 Å². The molecule has 2 aliphatic carbocycles. The molecule has 7 atom stereocenters. The third-order valence-corrected chi connectivity index (χ3v) is 10.8. The fraction of sp³-hybridized carbons (Fsp3) is 0.710. The smallest absolute Gasteiger partial charge is 0.331 e. The van der Waals surface area contributed by atoms with Crippen LogP contribution in [-0.2, 0) is 28.6 Å². The fourth-order valence-corrected chi connectivity index (χ4v) is 9.04. The van der Waals surface area contributed by atoms with E-state index in [0.717, 1.165) is 42.7 Å². The van der Waals surface area contributed by atoms with Crippen LogP contribution in [0.4, 0.5) is 0 Å². The number of cyclic esters (lactones) is 2. The molecule has 1 aromatic rings. The molecule has 0 N–H and O–H groups in total. The Bertz CT molecular complexity index is 1240. The summed E-state index contributed by atoms with van der Waals surface area (Å²) in [6.45, 7) is 10.4. The number of carbonyl (C=O) groups excluding carboxylic acids is 2. The Labute approximate surface area is 248 Å². The van der Waals surface area contributed by atoms with Crippen molar-refractivity contribution in [2.75, 3.05) is 33.9 Å². The molecule has 3 aliphatic heterocycles. The molecule has 6 rings (SSSR count). The lowest BCUT2D eigenvalue weighted by atomic mass is 9.39. The molecular formula is C31H43ClN2O7. The highest BCUT2D eigenvalue weighted by Crippen LogP contribution is 2.72. The molecule has 0 unspecified atom stereocenters. The average molecular weight is 591 g/mol. The number of halogens is 1. The first-order valence-electron chi connectivity index (χ1n) is 14.6. The quantitative estimate of drug-likeness (QED) is 0.256. The Balaban J connectivity index is 0.00000337. The molecular weight excluding hydrogens is 548 g/mol. The first-order chi connectivity index (χ1) is 18.9. The van der Waals surface area contributed by atoms with E-state index in [2.05, 4.69) is 32.6 Å². The number of nitrogens with zero attached hydrogens (tertiary/aromatic N) is 2. The summed E-state index contributed by atoms with van der Waals surface area (Å²) in [7, 11) is 4.09. The van der Waals surface area contributed by atoms with E-state index in [4.69, 9.17) is 28.6 Å². The summed E-state index contributed by atoms with van der Waals surface area (Å²) < 4.78 is 24.0. The molecule has 0 aromatic carbocycles. The van der Waals surface area contributed by atoms with Gasteiger partial charge in [0.2, 0.25) is 0 Å². The van der Waals surface area contributed by atoms with Crippen molar-refractivity contribution in [2.45, 2.75) is 77.6 Å². The number of rotatable bonds is 6. The molecule has 0 amide bonds. The maximum Gasteiger partial charge on any atom is 0.331 e. The minimum absolute atomic E-state index is 0. The van der Waals surface area contributed by atoms with Crippen molar-refractivity contribution < 1.29 is 33.1 Å². The number of oxime groups is 1. The van der Waals surface area contributed by atoms with E-state index >= 15 is 0 Å². The van der Waals surface area contributed by atoms with Gasteiger partial charge in [0, 0.05) is 40.3 Å². The molecule has 226 valence electrons. The predicted molar refractivity (Wildman–Crippen MR) is 153 cm³/mol. The number of carbonyl (C=O) groups is 2. The summed E-state index contributed by atoms with van der Waals surface area (Å²) in [5, 5.41) is 4.87. The topological polar surface area (TPSA) is 99.8 Å². The monoisotopic (exact) mass is 590 g/mol. The van der Waals surface area contributed by atoms with Crippen molar-refractivity contribution in [3.8, 4) is 0 Å². The van der Waals surface area contributed by atoms with Crippen LogP contribution in [0.2, 0.25) is 0 Å². The van der Waals surface area contributed by atoms with Gasteiger partial charge >= 0.3 is 11.9 Å². The predicted octanol–water partition coefficient (Wildman–Crippen LogP) is 5.10. The Morgan fingerprint density at radius 3 is 2.61 bits per heavy atom. The summed E-state index contributed by atoms with van der Waals surface area (Å²) in [4.78, 5) is 33.9. The first-order valence-corrected chi connectivity index (χ1v) is 14.6. The van der Waals surface area contributed by atoms with Gasteiger partial charge in [-0.05, 0) is 71.2 Å². The Hall–Kier alpha value is -2.36. The lowest BCUT2D eigenvalue weighted by Crippen LogP contribution is -2.66. The SMILES string of the molecule is CN(C)CCCO/N=C1/C[C@H]2C(C)(C)O[C@H]3CC(=O)OC[C@]32[C@H]2CC[C@]3(C)C(=CC(=O)O[C@H]3c3ccoc3)[C@]12C.Cl. The molecule has 1 spiro atoms. The van der Waals surface area contributed by atoms with Crippen molar-refractivity contribution in [1.29, 1.82) is 0 Å². The molecule has 2 saturated carbocycles. The molecule has 2 saturated heterocycles. The van der Waals surface area contributed by atoms with E-state index in [0.29, 0.717) is 19.6 Å². The highest BCUT2D eigenvalue weighted by atomic mass is 35.5. The zero-order valence-electron chi connectivity index (χ0n) is 24.9. The summed E-state index contributed by atoms with van der Waals surface area (Å²) in [5.41, 5.74) is 0.874. The number of hydrogen-bond donors (Lipinski definition) is 0. The molecule has 5 aliphatic rings. The van der Waals surface area contributed by atoms with Crippen molar-refractivity contribution in [2.24, 2.45) is 33.2 Å². The Morgan fingerprint density at radius 1 is 1.12 bits per heavy atom. The second-order valence-corrected chi connectivity index (χ2v) is 13.6. The van der Waals surface area contributed by atoms with Gasteiger partial charge in [0.25, 0.3) is 0 Å². The van der Waals surface area contributed by atoms with Gasteiger partial charge in [-0.15, -0.1) is 12.4 Å². The maximum atomic E-state index is 13.2. The third-order valence-electron chi connectivity index (χ3n) is 10.8. The van der Waals surface area contributed by atoms with E-state index in [1.807, 2.05) is 20.2 Å². The summed E-state index contributed by atoms with van der Waals surface area (Å²) in [6, 6.07) is 1.88. The highest BCUT2D eigenvalue weighted by molar-refractivity contribution is 5.97. The van der Waals surface area contributed by atoms with Gasteiger partial charge < -0.3 is 28.4 Å². The lowest BCUT2D eigenvalue weighted by molar-refractivity contribution is -0.181. The molecule has 1 aromatic heterocycles. The average Bonchev–Trinajstić information content (AvgIpc) is 3.48. The molecule has 10 heteroatoms. The minimum atomic E-state index is -0.613. The van der Waals surface area contributed by atoms with Crippen molar-refractivity contribution >= 4 is 30.1 Å². The fourth-order valence-electron chi connectivity index (χ4n) is 9.04. The van der Waals surface area contributed by atoms with Crippen LogP contribution in [-0.4, -0.2) is 68.1 Å². The van der Waals surface area contributed by atoms with E-state index in [1.54, 1.807) is 18.6 Å². The van der Waals surface area contributed by atoms with Crippen LogP contribution < -0.4 is 0 Å². The molecule has 9 nitrogen and oxygen atoms in total. The highest BCUT2D eigenvalue weighted by Gasteiger charge is 2.74. The van der Waals surface area contributed by atoms with Gasteiger partial charge in [-0.2, -0.15) is 0 Å².